The highest BCUT2D eigenvalue weighted by Crippen LogP contribution is 2.28. The molecule has 1 aromatic carbocycles. The molecule has 4 rings (SSSR count). The van der Waals surface area contributed by atoms with Crippen LogP contribution in [0.3, 0.4) is 0 Å². The molecule has 6 heteroatoms. The van der Waals surface area contributed by atoms with E-state index in [-0.39, 0.29) is 6.10 Å². The molecule has 2 aromatic heterocycles. The Balaban J connectivity index is 1.80. The summed E-state index contributed by atoms with van der Waals surface area (Å²) in [6.07, 6.45) is 2.29. The maximum absolute atomic E-state index is 9.84. The van der Waals surface area contributed by atoms with E-state index in [1.807, 2.05) is 11.4 Å². The van der Waals surface area contributed by atoms with Crippen LogP contribution in [-0.2, 0) is 0 Å². The van der Waals surface area contributed by atoms with E-state index in [4.69, 9.17) is 9.97 Å². The number of nitrogens with zero attached hydrogens (tertiary/aromatic N) is 4. The molecule has 0 radical (unpaired) electrons. The van der Waals surface area contributed by atoms with Gasteiger partial charge < -0.3 is 10.0 Å². The Morgan fingerprint density at radius 3 is 2.67 bits per heavy atom. The fraction of sp³-hybridized carbons (Fsp3) is 0.278. The molecule has 1 aliphatic rings. The minimum absolute atomic E-state index is 0.283. The Hall–Kier alpha value is -2.31. The SMILES string of the molecule is Cc1ccc(-c2cc(N3CC[C@H](O)C3)nc(-c3cnsc3)n2)cc1. The monoisotopic (exact) mass is 338 g/mol. The molecule has 122 valence electrons. The summed E-state index contributed by atoms with van der Waals surface area (Å²) in [5.41, 5.74) is 4.10. The highest BCUT2D eigenvalue weighted by atomic mass is 32.1. The first-order chi connectivity index (χ1) is 11.7. The van der Waals surface area contributed by atoms with Crippen LogP contribution in [0.1, 0.15) is 12.0 Å². The molecule has 24 heavy (non-hydrogen) atoms. The van der Waals surface area contributed by atoms with Crippen molar-refractivity contribution in [2.45, 2.75) is 19.4 Å². The van der Waals surface area contributed by atoms with E-state index in [9.17, 15) is 5.11 Å². The molecule has 3 aromatic rings. The molecule has 1 fully saturated rings. The lowest BCUT2D eigenvalue weighted by Crippen LogP contribution is -2.22. The first-order valence-corrected chi connectivity index (χ1v) is 8.81. The van der Waals surface area contributed by atoms with E-state index in [1.165, 1.54) is 17.1 Å². The Labute approximate surface area is 144 Å². The summed E-state index contributed by atoms with van der Waals surface area (Å²) >= 11 is 1.39. The predicted molar refractivity (Wildman–Crippen MR) is 96.1 cm³/mol. The number of aliphatic hydroxyl groups excluding tert-OH is 1. The molecular weight excluding hydrogens is 320 g/mol. The largest absolute Gasteiger partial charge is 0.391 e. The Morgan fingerprint density at radius 2 is 2.00 bits per heavy atom. The second-order valence-corrected chi connectivity index (χ2v) is 6.76. The van der Waals surface area contributed by atoms with Crippen LogP contribution in [0.4, 0.5) is 5.82 Å². The number of aliphatic hydroxyl groups is 1. The van der Waals surface area contributed by atoms with Crippen LogP contribution >= 0.6 is 11.5 Å². The highest BCUT2D eigenvalue weighted by molar-refractivity contribution is 7.03. The summed E-state index contributed by atoms with van der Waals surface area (Å²) in [6, 6.07) is 10.3. The molecule has 0 aliphatic carbocycles. The Morgan fingerprint density at radius 1 is 1.17 bits per heavy atom. The van der Waals surface area contributed by atoms with E-state index in [0.29, 0.717) is 12.4 Å². The number of aryl methyl sites for hydroxylation is 1. The highest BCUT2D eigenvalue weighted by Gasteiger charge is 2.23. The van der Waals surface area contributed by atoms with Crippen LogP contribution < -0.4 is 4.90 Å². The van der Waals surface area contributed by atoms with Gasteiger partial charge in [0.15, 0.2) is 5.82 Å². The van der Waals surface area contributed by atoms with Crippen molar-refractivity contribution in [1.29, 1.82) is 0 Å². The van der Waals surface area contributed by atoms with E-state index in [2.05, 4.69) is 40.5 Å². The van der Waals surface area contributed by atoms with Crippen LogP contribution in [0.5, 0.6) is 0 Å². The molecule has 0 spiro atoms. The van der Waals surface area contributed by atoms with Gasteiger partial charge in [-0.1, -0.05) is 29.8 Å². The summed E-state index contributed by atoms with van der Waals surface area (Å²) in [7, 11) is 0. The molecule has 0 amide bonds. The van der Waals surface area contributed by atoms with Crippen LogP contribution in [0, 0.1) is 6.92 Å². The van der Waals surface area contributed by atoms with Gasteiger partial charge in [-0.3, -0.25) is 0 Å². The van der Waals surface area contributed by atoms with Crippen LogP contribution in [0.15, 0.2) is 41.9 Å². The lowest BCUT2D eigenvalue weighted by molar-refractivity contribution is 0.198. The van der Waals surface area contributed by atoms with Crippen molar-refractivity contribution in [2.24, 2.45) is 0 Å². The molecule has 1 N–H and O–H groups in total. The molecule has 0 unspecified atom stereocenters. The summed E-state index contributed by atoms with van der Waals surface area (Å²) in [4.78, 5) is 11.6. The molecule has 1 aliphatic heterocycles. The van der Waals surface area contributed by atoms with E-state index < -0.39 is 0 Å². The van der Waals surface area contributed by atoms with Crippen LogP contribution in [0.25, 0.3) is 22.6 Å². The topological polar surface area (TPSA) is 62.1 Å². The number of rotatable bonds is 3. The second kappa shape index (κ2) is 6.30. The number of β-amino-alcohol motifs (C(OH)–C–C–N with tert-alkyl or cyclic N) is 1. The molecule has 1 atom stereocenters. The van der Waals surface area contributed by atoms with Crippen molar-refractivity contribution in [3.05, 3.63) is 47.5 Å². The Kier molecular flexibility index (Phi) is 4.00. The minimum atomic E-state index is -0.283. The van der Waals surface area contributed by atoms with Crippen molar-refractivity contribution in [3.8, 4) is 22.6 Å². The fourth-order valence-electron chi connectivity index (χ4n) is 2.86. The van der Waals surface area contributed by atoms with Gasteiger partial charge >= 0.3 is 0 Å². The first-order valence-electron chi connectivity index (χ1n) is 7.98. The third-order valence-electron chi connectivity index (χ3n) is 4.24. The van der Waals surface area contributed by atoms with Gasteiger partial charge in [-0.15, -0.1) is 0 Å². The van der Waals surface area contributed by atoms with E-state index in [1.54, 1.807) is 6.20 Å². The van der Waals surface area contributed by atoms with Gasteiger partial charge in [0.25, 0.3) is 0 Å². The summed E-state index contributed by atoms with van der Waals surface area (Å²) in [5.74, 6) is 1.54. The zero-order valence-corrected chi connectivity index (χ0v) is 14.2. The van der Waals surface area contributed by atoms with Crippen molar-refractivity contribution >= 4 is 17.4 Å². The predicted octanol–water partition coefficient (Wildman–Crippen LogP) is 3.15. The number of hydrogen-bond donors (Lipinski definition) is 1. The van der Waals surface area contributed by atoms with Crippen molar-refractivity contribution in [1.82, 2.24) is 14.3 Å². The van der Waals surface area contributed by atoms with Crippen LogP contribution in [0.2, 0.25) is 0 Å². The van der Waals surface area contributed by atoms with Gasteiger partial charge in [0.1, 0.15) is 5.82 Å². The molecule has 5 nitrogen and oxygen atoms in total. The molecular formula is C18H18N4OS. The summed E-state index contributed by atoms with van der Waals surface area (Å²) in [6.45, 7) is 3.50. The van der Waals surface area contributed by atoms with Gasteiger partial charge in [0.2, 0.25) is 0 Å². The van der Waals surface area contributed by atoms with Gasteiger partial charge in [-0.25, -0.2) is 14.3 Å². The molecule has 0 saturated carbocycles. The lowest BCUT2D eigenvalue weighted by atomic mass is 10.1. The van der Waals surface area contributed by atoms with Crippen LogP contribution in [-0.4, -0.2) is 38.6 Å². The molecule has 3 heterocycles. The number of hydrogen-bond acceptors (Lipinski definition) is 6. The van der Waals surface area contributed by atoms with Gasteiger partial charge in [-0.05, 0) is 24.9 Å². The second-order valence-electron chi connectivity index (χ2n) is 6.10. The maximum Gasteiger partial charge on any atom is 0.164 e. The normalized spacial score (nSPS) is 17.4. The zero-order valence-electron chi connectivity index (χ0n) is 13.4. The first kappa shape index (κ1) is 15.2. The number of anilines is 1. The third-order valence-corrected chi connectivity index (χ3v) is 4.82. The van der Waals surface area contributed by atoms with E-state index >= 15 is 0 Å². The summed E-state index contributed by atoms with van der Waals surface area (Å²) in [5, 5.41) is 11.8. The summed E-state index contributed by atoms with van der Waals surface area (Å²) < 4.78 is 4.16. The maximum atomic E-state index is 9.84. The Bertz CT molecular complexity index is 833. The fourth-order valence-corrected chi connectivity index (χ4v) is 3.38. The third kappa shape index (κ3) is 3.02. The van der Waals surface area contributed by atoms with E-state index in [0.717, 1.165) is 35.6 Å². The van der Waals surface area contributed by atoms with Gasteiger partial charge in [-0.2, -0.15) is 0 Å². The molecule has 0 bridgehead atoms. The van der Waals surface area contributed by atoms with Crippen molar-refractivity contribution < 1.29 is 5.11 Å². The average molecular weight is 338 g/mol. The van der Waals surface area contributed by atoms with Crippen molar-refractivity contribution in [2.75, 3.05) is 18.0 Å². The lowest BCUT2D eigenvalue weighted by Gasteiger charge is -2.18. The smallest absolute Gasteiger partial charge is 0.164 e. The minimum Gasteiger partial charge on any atom is -0.391 e. The zero-order chi connectivity index (χ0) is 16.5. The number of benzene rings is 1. The van der Waals surface area contributed by atoms with Gasteiger partial charge in [0.05, 0.1) is 23.6 Å². The standard InChI is InChI=1S/C18H18N4OS/c1-12-2-4-13(5-3-12)16-8-17(22-7-6-15(23)10-22)21-18(20-16)14-9-19-24-11-14/h2-5,8-9,11,15,23H,6-7,10H2,1H3/t15-/m0/s1. The number of aromatic nitrogens is 3. The van der Waals surface area contributed by atoms with Gasteiger partial charge in [0, 0.05) is 30.1 Å². The molecule has 1 saturated heterocycles. The quantitative estimate of drug-likeness (QED) is 0.795. The average Bonchev–Trinajstić information content (AvgIpc) is 3.27. The van der Waals surface area contributed by atoms with Crippen molar-refractivity contribution in [3.63, 3.8) is 0 Å².